The summed E-state index contributed by atoms with van der Waals surface area (Å²) < 4.78 is 2.45. The van der Waals surface area contributed by atoms with E-state index in [2.05, 4.69) is 50.4 Å². The molecule has 1 aromatic carbocycles. The molecule has 0 fully saturated rings. The lowest BCUT2D eigenvalue weighted by molar-refractivity contribution is 0.0926. The van der Waals surface area contributed by atoms with Gasteiger partial charge in [0.25, 0.3) is 0 Å². The van der Waals surface area contributed by atoms with Crippen LogP contribution in [0.3, 0.4) is 0 Å². The first-order valence-electron chi connectivity index (χ1n) is 7.51. The van der Waals surface area contributed by atoms with Crippen LogP contribution in [0.15, 0.2) is 47.2 Å². The molecule has 5 nitrogen and oxygen atoms in total. The van der Waals surface area contributed by atoms with Crippen LogP contribution in [0.2, 0.25) is 0 Å². The van der Waals surface area contributed by atoms with E-state index in [9.17, 15) is 4.79 Å². The van der Waals surface area contributed by atoms with E-state index in [-0.39, 0.29) is 17.9 Å². The molecule has 2 atom stereocenters. The Hall–Kier alpha value is -2.05. The molecule has 0 bridgehead atoms. The Balaban J connectivity index is 1.66. The second-order valence-corrected chi connectivity index (χ2v) is 6.73. The Kier molecular flexibility index (Phi) is 3.50. The SMILES string of the molecule is C[C@@H]1NC(C(=O)c2cc3ncc(Br)cn3n2)Cc2ccccc21. The second-order valence-electron chi connectivity index (χ2n) is 5.81. The van der Waals surface area contributed by atoms with Crippen LogP contribution >= 0.6 is 15.9 Å². The molecule has 3 heterocycles. The third-order valence-corrected chi connectivity index (χ3v) is 4.66. The first-order valence-corrected chi connectivity index (χ1v) is 8.30. The van der Waals surface area contributed by atoms with Gasteiger partial charge in [0.2, 0.25) is 0 Å². The van der Waals surface area contributed by atoms with Crippen LogP contribution in [-0.2, 0) is 6.42 Å². The Labute approximate surface area is 141 Å². The second kappa shape index (κ2) is 5.54. The van der Waals surface area contributed by atoms with Crippen molar-refractivity contribution >= 4 is 27.4 Å². The van der Waals surface area contributed by atoms with Gasteiger partial charge < -0.3 is 5.32 Å². The van der Waals surface area contributed by atoms with Crippen LogP contribution in [0, 0.1) is 0 Å². The molecule has 1 N–H and O–H groups in total. The van der Waals surface area contributed by atoms with Crippen molar-refractivity contribution in [3.8, 4) is 0 Å². The van der Waals surface area contributed by atoms with Gasteiger partial charge in [-0.2, -0.15) is 5.10 Å². The van der Waals surface area contributed by atoms with Crippen LogP contribution in [0.5, 0.6) is 0 Å². The van der Waals surface area contributed by atoms with E-state index in [0.29, 0.717) is 17.8 Å². The third kappa shape index (κ3) is 2.58. The van der Waals surface area contributed by atoms with E-state index in [1.165, 1.54) is 11.1 Å². The third-order valence-electron chi connectivity index (χ3n) is 4.25. The van der Waals surface area contributed by atoms with E-state index >= 15 is 0 Å². The number of halogens is 1. The van der Waals surface area contributed by atoms with Crippen LogP contribution in [0.25, 0.3) is 5.65 Å². The molecule has 0 saturated carbocycles. The average Bonchev–Trinajstić information content (AvgIpc) is 2.97. The number of carbonyl (C=O) groups is 1. The maximum Gasteiger partial charge on any atom is 0.200 e. The van der Waals surface area contributed by atoms with E-state index < -0.39 is 0 Å². The van der Waals surface area contributed by atoms with Crippen molar-refractivity contribution in [3.63, 3.8) is 0 Å². The molecule has 0 spiro atoms. The summed E-state index contributed by atoms with van der Waals surface area (Å²) in [6, 6.07) is 9.89. The highest BCUT2D eigenvalue weighted by Crippen LogP contribution is 2.26. The molecule has 1 aliphatic rings. The molecular weight excluding hydrogens is 356 g/mol. The lowest BCUT2D eigenvalue weighted by Crippen LogP contribution is -2.44. The lowest BCUT2D eigenvalue weighted by atomic mass is 9.89. The Morgan fingerprint density at radius 2 is 2.22 bits per heavy atom. The standard InChI is InChI=1S/C17H15BrN4O/c1-10-13-5-3-2-4-11(13)6-14(20-10)17(23)15-7-16-19-8-12(18)9-22(16)21-15/h2-5,7-10,14,20H,6H2,1H3/t10-,14?/m0/s1. The van der Waals surface area contributed by atoms with E-state index in [1.54, 1.807) is 23.0 Å². The summed E-state index contributed by atoms with van der Waals surface area (Å²) in [7, 11) is 0. The van der Waals surface area contributed by atoms with Crippen molar-refractivity contribution in [2.45, 2.75) is 25.4 Å². The van der Waals surface area contributed by atoms with Gasteiger partial charge >= 0.3 is 0 Å². The van der Waals surface area contributed by atoms with Crippen molar-refractivity contribution < 1.29 is 4.79 Å². The number of carbonyl (C=O) groups excluding carboxylic acids is 1. The van der Waals surface area contributed by atoms with Crippen molar-refractivity contribution in [3.05, 3.63) is 64.0 Å². The molecule has 116 valence electrons. The van der Waals surface area contributed by atoms with Gasteiger partial charge in [-0.15, -0.1) is 0 Å². The quantitative estimate of drug-likeness (QED) is 0.704. The summed E-state index contributed by atoms with van der Waals surface area (Å²) >= 11 is 3.36. The number of rotatable bonds is 2. The van der Waals surface area contributed by atoms with Gasteiger partial charge in [-0.05, 0) is 40.4 Å². The molecule has 2 aromatic heterocycles. The van der Waals surface area contributed by atoms with Gasteiger partial charge in [0, 0.05) is 24.5 Å². The molecule has 4 rings (SSSR count). The molecule has 0 saturated heterocycles. The molecule has 23 heavy (non-hydrogen) atoms. The zero-order chi connectivity index (χ0) is 16.0. The Morgan fingerprint density at radius 1 is 1.39 bits per heavy atom. The number of hydrogen-bond donors (Lipinski definition) is 1. The zero-order valence-corrected chi connectivity index (χ0v) is 14.1. The van der Waals surface area contributed by atoms with Gasteiger partial charge in [0.1, 0.15) is 5.69 Å². The molecular formula is C17H15BrN4O. The predicted octanol–water partition coefficient (Wildman–Crippen LogP) is 2.95. The summed E-state index contributed by atoms with van der Waals surface area (Å²) in [6.45, 7) is 2.08. The predicted molar refractivity (Wildman–Crippen MR) is 90.5 cm³/mol. The molecule has 0 radical (unpaired) electrons. The number of aromatic nitrogens is 3. The molecule has 0 aliphatic carbocycles. The first kappa shape index (κ1) is 14.5. The Bertz CT molecular complexity index is 904. The molecule has 1 unspecified atom stereocenters. The van der Waals surface area contributed by atoms with Gasteiger partial charge in [0.15, 0.2) is 11.4 Å². The maximum absolute atomic E-state index is 12.8. The van der Waals surface area contributed by atoms with Gasteiger partial charge in [-0.25, -0.2) is 9.50 Å². The van der Waals surface area contributed by atoms with E-state index in [4.69, 9.17) is 0 Å². The normalized spacial score (nSPS) is 20.4. The monoisotopic (exact) mass is 370 g/mol. The fourth-order valence-electron chi connectivity index (χ4n) is 3.13. The Morgan fingerprint density at radius 3 is 3.09 bits per heavy atom. The van der Waals surface area contributed by atoms with Crippen LogP contribution < -0.4 is 5.32 Å². The fraction of sp³-hybridized carbons (Fsp3) is 0.235. The summed E-state index contributed by atoms with van der Waals surface area (Å²) in [6.07, 6.45) is 4.18. The first-order chi connectivity index (χ1) is 11.1. The van der Waals surface area contributed by atoms with Crippen LogP contribution in [-0.4, -0.2) is 26.4 Å². The van der Waals surface area contributed by atoms with Gasteiger partial charge in [-0.3, -0.25) is 4.79 Å². The number of nitrogens with zero attached hydrogens (tertiary/aromatic N) is 3. The van der Waals surface area contributed by atoms with Crippen molar-refractivity contribution in [2.75, 3.05) is 0 Å². The number of fused-ring (bicyclic) bond motifs is 2. The van der Waals surface area contributed by atoms with Crippen molar-refractivity contribution in [1.82, 2.24) is 19.9 Å². The van der Waals surface area contributed by atoms with E-state index in [0.717, 1.165) is 4.47 Å². The number of benzene rings is 1. The highest BCUT2D eigenvalue weighted by Gasteiger charge is 2.30. The summed E-state index contributed by atoms with van der Waals surface area (Å²) in [4.78, 5) is 17.1. The fourth-order valence-corrected chi connectivity index (χ4v) is 3.43. The number of Topliss-reactive ketones (excluding diaryl/α,β-unsaturated/α-hetero) is 1. The van der Waals surface area contributed by atoms with Gasteiger partial charge in [-0.1, -0.05) is 24.3 Å². The van der Waals surface area contributed by atoms with Crippen LogP contribution in [0.1, 0.15) is 34.6 Å². The molecule has 6 heteroatoms. The van der Waals surface area contributed by atoms with Crippen LogP contribution in [0.4, 0.5) is 0 Å². The number of nitrogens with one attached hydrogen (secondary N) is 1. The minimum atomic E-state index is -0.256. The minimum absolute atomic E-state index is 0.00738. The average molecular weight is 371 g/mol. The smallest absolute Gasteiger partial charge is 0.200 e. The summed E-state index contributed by atoms with van der Waals surface area (Å²) in [5, 5.41) is 7.76. The summed E-state index contributed by atoms with van der Waals surface area (Å²) in [5.74, 6) is 0.00738. The molecule has 1 aliphatic heterocycles. The molecule has 3 aromatic rings. The molecule has 0 amide bonds. The highest BCUT2D eigenvalue weighted by atomic mass is 79.9. The topological polar surface area (TPSA) is 59.3 Å². The highest BCUT2D eigenvalue weighted by molar-refractivity contribution is 9.10. The van der Waals surface area contributed by atoms with Gasteiger partial charge in [0.05, 0.1) is 10.5 Å². The number of ketones is 1. The largest absolute Gasteiger partial charge is 0.300 e. The minimum Gasteiger partial charge on any atom is -0.300 e. The van der Waals surface area contributed by atoms with Crippen molar-refractivity contribution in [1.29, 1.82) is 0 Å². The zero-order valence-electron chi connectivity index (χ0n) is 12.5. The summed E-state index contributed by atoms with van der Waals surface area (Å²) in [5.41, 5.74) is 3.60. The van der Waals surface area contributed by atoms with Crippen molar-refractivity contribution in [2.24, 2.45) is 0 Å². The number of hydrogen-bond acceptors (Lipinski definition) is 4. The maximum atomic E-state index is 12.8. The van der Waals surface area contributed by atoms with E-state index in [1.807, 2.05) is 12.1 Å². The lowest BCUT2D eigenvalue weighted by Gasteiger charge is -2.30.